The van der Waals surface area contributed by atoms with Crippen LogP contribution in [-0.4, -0.2) is 5.11 Å². The maximum absolute atomic E-state index is 9.81. The van der Waals surface area contributed by atoms with Crippen molar-refractivity contribution in [2.24, 2.45) is 0 Å². The molecule has 0 aliphatic heterocycles. The Morgan fingerprint density at radius 2 is 1.85 bits per heavy atom. The summed E-state index contributed by atoms with van der Waals surface area (Å²) in [5, 5.41) is 9.81. The zero-order chi connectivity index (χ0) is 14.7. The summed E-state index contributed by atoms with van der Waals surface area (Å²) in [5.74, 6) is 0.724. The molecule has 2 aromatic rings. The second-order valence-corrected chi connectivity index (χ2v) is 5.98. The summed E-state index contributed by atoms with van der Waals surface area (Å²) in [7, 11) is 0. The number of hydrogen-bond donors (Lipinski definition) is 1. The lowest BCUT2D eigenvalue weighted by Gasteiger charge is -2.14. The van der Waals surface area contributed by atoms with E-state index < -0.39 is 6.10 Å². The largest absolute Gasteiger partial charge is 0.489 e. The van der Waals surface area contributed by atoms with E-state index in [0.717, 1.165) is 21.3 Å². The van der Waals surface area contributed by atoms with E-state index >= 15 is 0 Å². The minimum Gasteiger partial charge on any atom is -0.489 e. The maximum Gasteiger partial charge on any atom is 0.125 e. The Bertz CT molecular complexity index is 606. The first kappa shape index (κ1) is 15.1. The number of aliphatic hydroxyl groups excluding tert-OH is 1. The molecule has 0 radical (unpaired) electrons. The standard InChI is InChI=1S/C17H19BrO2/c1-11-4-5-14(8-12(11)2)10-20-17-7-6-15(18)9-16(17)13(3)19/h4-9,13,19H,10H2,1-3H3. The van der Waals surface area contributed by atoms with Gasteiger partial charge in [-0.15, -0.1) is 0 Å². The predicted octanol–water partition coefficient (Wildman–Crippen LogP) is 4.70. The third-order valence-corrected chi connectivity index (χ3v) is 3.88. The molecule has 106 valence electrons. The summed E-state index contributed by atoms with van der Waals surface area (Å²) in [4.78, 5) is 0. The number of aryl methyl sites for hydroxylation is 2. The molecule has 2 rings (SSSR count). The van der Waals surface area contributed by atoms with Gasteiger partial charge in [0, 0.05) is 10.0 Å². The zero-order valence-electron chi connectivity index (χ0n) is 12.0. The van der Waals surface area contributed by atoms with Gasteiger partial charge in [0.1, 0.15) is 12.4 Å². The number of rotatable bonds is 4. The Labute approximate surface area is 128 Å². The van der Waals surface area contributed by atoms with Crippen molar-refractivity contribution in [3.8, 4) is 5.75 Å². The van der Waals surface area contributed by atoms with Crippen LogP contribution in [0.15, 0.2) is 40.9 Å². The van der Waals surface area contributed by atoms with E-state index in [1.165, 1.54) is 11.1 Å². The molecule has 1 unspecified atom stereocenters. The van der Waals surface area contributed by atoms with Crippen molar-refractivity contribution in [1.29, 1.82) is 0 Å². The molecular formula is C17H19BrO2. The predicted molar refractivity (Wildman–Crippen MR) is 85.0 cm³/mol. The zero-order valence-corrected chi connectivity index (χ0v) is 13.6. The van der Waals surface area contributed by atoms with Gasteiger partial charge >= 0.3 is 0 Å². The minimum absolute atomic E-state index is 0.502. The number of ether oxygens (including phenoxy) is 1. The molecule has 0 aromatic heterocycles. The number of aliphatic hydroxyl groups is 1. The highest BCUT2D eigenvalue weighted by molar-refractivity contribution is 9.10. The fraction of sp³-hybridized carbons (Fsp3) is 0.294. The third-order valence-electron chi connectivity index (χ3n) is 3.39. The van der Waals surface area contributed by atoms with Crippen molar-refractivity contribution in [3.05, 3.63) is 63.1 Å². The van der Waals surface area contributed by atoms with Gasteiger partial charge in [0.05, 0.1) is 6.10 Å². The van der Waals surface area contributed by atoms with Gasteiger partial charge in [-0.3, -0.25) is 0 Å². The van der Waals surface area contributed by atoms with Crippen LogP contribution in [0.25, 0.3) is 0 Å². The summed E-state index contributed by atoms with van der Waals surface area (Å²) in [6.45, 7) is 6.44. The first-order valence-corrected chi connectivity index (χ1v) is 7.43. The van der Waals surface area contributed by atoms with E-state index in [0.29, 0.717) is 6.61 Å². The van der Waals surface area contributed by atoms with Gasteiger partial charge in [0.25, 0.3) is 0 Å². The highest BCUT2D eigenvalue weighted by Gasteiger charge is 2.10. The Kier molecular flexibility index (Phi) is 4.84. The second kappa shape index (κ2) is 6.42. The number of halogens is 1. The van der Waals surface area contributed by atoms with E-state index in [-0.39, 0.29) is 0 Å². The average Bonchev–Trinajstić information content (AvgIpc) is 2.41. The van der Waals surface area contributed by atoms with Crippen molar-refractivity contribution < 1.29 is 9.84 Å². The van der Waals surface area contributed by atoms with Crippen molar-refractivity contribution in [2.45, 2.75) is 33.5 Å². The average molecular weight is 335 g/mol. The van der Waals surface area contributed by atoms with E-state index in [1.807, 2.05) is 18.2 Å². The van der Waals surface area contributed by atoms with Crippen LogP contribution in [0.2, 0.25) is 0 Å². The van der Waals surface area contributed by atoms with Crippen molar-refractivity contribution in [2.75, 3.05) is 0 Å². The normalized spacial score (nSPS) is 12.2. The molecule has 0 spiro atoms. The molecular weight excluding hydrogens is 316 g/mol. The molecule has 2 aromatic carbocycles. The molecule has 1 atom stereocenters. The fourth-order valence-corrected chi connectivity index (χ4v) is 2.41. The van der Waals surface area contributed by atoms with Crippen LogP contribution in [0, 0.1) is 13.8 Å². The topological polar surface area (TPSA) is 29.5 Å². The SMILES string of the molecule is Cc1ccc(COc2ccc(Br)cc2C(C)O)cc1C. The van der Waals surface area contributed by atoms with Crippen LogP contribution in [0.5, 0.6) is 5.75 Å². The van der Waals surface area contributed by atoms with Crippen LogP contribution in [-0.2, 0) is 6.61 Å². The summed E-state index contributed by atoms with van der Waals surface area (Å²) in [6.07, 6.45) is -0.553. The van der Waals surface area contributed by atoms with Crippen molar-refractivity contribution >= 4 is 15.9 Å². The Morgan fingerprint density at radius 1 is 1.10 bits per heavy atom. The molecule has 0 bridgehead atoms. The van der Waals surface area contributed by atoms with Gasteiger partial charge in [-0.05, 0) is 55.7 Å². The molecule has 0 amide bonds. The lowest BCUT2D eigenvalue weighted by atomic mass is 10.1. The van der Waals surface area contributed by atoms with E-state index in [1.54, 1.807) is 6.92 Å². The monoisotopic (exact) mass is 334 g/mol. The summed E-state index contributed by atoms with van der Waals surface area (Å²) >= 11 is 3.41. The van der Waals surface area contributed by atoms with Crippen molar-refractivity contribution in [3.63, 3.8) is 0 Å². The van der Waals surface area contributed by atoms with E-state index in [9.17, 15) is 5.11 Å². The van der Waals surface area contributed by atoms with E-state index in [2.05, 4.69) is 48.0 Å². The maximum atomic E-state index is 9.81. The number of hydrogen-bond acceptors (Lipinski definition) is 2. The third kappa shape index (κ3) is 3.62. The molecule has 0 aliphatic carbocycles. The molecule has 0 saturated heterocycles. The minimum atomic E-state index is -0.553. The van der Waals surface area contributed by atoms with Crippen LogP contribution in [0.3, 0.4) is 0 Å². The first-order valence-electron chi connectivity index (χ1n) is 6.64. The highest BCUT2D eigenvalue weighted by atomic mass is 79.9. The summed E-state index contributed by atoms with van der Waals surface area (Å²) < 4.78 is 6.79. The molecule has 0 fully saturated rings. The molecule has 3 heteroatoms. The number of benzene rings is 2. The molecule has 2 nitrogen and oxygen atoms in total. The second-order valence-electron chi connectivity index (χ2n) is 5.07. The quantitative estimate of drug-likeness (QED) is 0.878. The first-order chi connectivity index (χ1) is 9.47. The molecule has 1 N–H and O–H groups in total. The molecule has 0 heterocycles. The van der Waals surface area contributed by atoms with Gasteiger partial charge in [-0.1, -0.05) is 34.1 Å². The van der Waals surface area contributed by atoms with Crippen LogP contribution >= 0.6 is 15.9 Å². The lowest BCUT2D eigenvalue weighted by Crippen LogP contribution is -2.01. The molecule has 0 saturated carbocycles. The van der Waals surface area contributed by atoms with Gasteiger partial charge in [0.2, 0.25) is 0 Å². The van der Waals surface area contributed by atoms with Crippen LogP contribution in [0.4, 0.5) is 0 Å². The van der Waals surface area contributed by atoms with Crippen LogP contribution in [0.1, 0.15) is 35.3 Å². The van der Waals surface area contributed by atoms with Crippen molar-refractivity contribution in [1.82, 2.24) is 0 Å². The molecule has 0 aliphatic rings. The Morgan fingerprint density at radius 3 is 2.50 bits per heavy atom. The summed E-state index contributed by atoms with van der Waals surface area (Å²) in [6, 6.07) is 12.0. The smallest absolute Gasteiger partial charge is 0.125 e. The van der Waals surface area contributed by atoms with E-state index in [4.69, 9.17) is 4.74 Å². The van der Waals surface area contributed by atoms with Gasteiger partial charge in [0.15, 0.2) is 0 Å². The lowest BCUT2D eigenvalue weighted by molar-refractivity contribution is 0.190. The Balaban J connectivity index is 2.16. The summed E-state index contributed by atoms with van der Waals surface area (Å²) in [5.41, 5.74) is 4.47. The molecule has 20 heavy (non-hydrogen) atoms. The fourth-order valence-electron chi connectivity index (χ4n) is 2.03. The van der Waals surface area contributed by atoms with Gasteiger partial charge in [-0.25, -0.2) is 0 Å². The Hall–Kier alpha value is -1.32. The van der Waals surface area contributed by atoms with Gasteiger partial charge < -0.3 is 9.84 Å². The van der Waals surface area contributed by atoms with Crippen LogP contribution < -0.4 is 4.74 Å². The highest BCUT2D eigenvalue weighted by Crippen LogP contribution is 2.29. The van der Waals surface area contributed by atoms with Gasteiger partial charge in [-0.2, -0.15) is 0 Å².